The Morgan fingerprint density at radius 3 is 2.22 bits per heavy atom. The normalized spacial score (nSPS) is 41.3. The predicted molar refractivity (Wildman–Crippen MR) is 33.9 cm³/mol. The molecule has 1 rings (SSSR count). The minimum atomic E-state index is 0.197. The third-order valence-corrected chi connectivity index (χ3v) is 2.08. The van der Waals surface area contributed by atoms with Crippen LogP contribution in [-0.2, 0) is 9.53 Å². The van der Waals surface area contributed by atoms with Crippen LogP contribution >= 0.6 is 0 Å². The van der Waals surface area contributed by atoms with E-state index in [1.54, 1.807) is 0 Å². The smallest absolute Gasteiger partial charge is 0.293 e. The van der Waals surface area contributed by atoms with E-state index in [1.807, 2.05) is 0 Å². The zero-order valence-corrected chi connectivity index (χ0v) is 5.83. The second-order valence-electron chi connectivity index (χ2n) is 2.89. The molecule has 9 heavy (non-hydrogen) atoms. The van der Waals surface area contributed by atoms with Gasteiger partial charge in [-0.25, -0.2) is 0 Å². The molecule has 1 aliphatic rings. The first-order valence-corrected chi connectivity index (χ1v) is 3.34. The molecule has 2 unspecified atom stereocenters. The molecule has 2 atom stereocenters. The number of hydrogen-bond acceptors (Lipinski definition) is 2. The van der Waals surface area contributed by atoms with E-state index >= 15 is 0 Å². The van der Waals surface area contributed by atoms with Crippen molar-refractivity contribution in [3.8, 4) is 0 Å². The Kier molecular flexibility index (Phi) is 1.74. The molecule has 0 heterocycles. The van der Waals surface area contributed by atoms with Crippen LogP contribution in [0.2, 0.25) is 0 Å². The van der Waals surface area contributed by atoms with Gasteiger partial charge in [-0.05, 0) is 18.3 Å². The van der Waals surface area contributed by atoms with Crippen LogP contribution in [0.25, 0.3) is 0 Å². The monoisotopic (exact) mass is 128 g/mol. The van der Waals surface area contributed by atoms with Gasteiger partial charge in [0.05, 0.1) is 0 Å². The van der Waals surface area contributed by atoms with Gasteiger partial charge in [-0.1, -0.05) is 13.8 Å². The second kappa shape index (κ2) is 2.38. The van der Waals surface area contributed by atoms with Crippen molar-refractivity contribution < 1.29 is 9.53 Å². The van der Waals surface area contributed by atoms with E-state index in [9.17, 15) is 4.79 Å². The molecular weight excluding hydrogens is 116 g/mol. The molecule has 0 spiro atoms. The topological polar surface area (TPSA) is 26.3 Å². The molecule has 0 bridgehead atoms. The van der Waals surface area contributed by atoms with Gasteiger partial charge in [0.1, 0.15) is 6.10 Å². The quantitative estimate of drug-likeness (QED) is 0.522. The number of rotatable bonds is 2. The Labute approximate surface area is 55.2 Å². The minimum absolute atomic E-state index is 0.197. The number of hydrogen-bond donors (Lipinski definition) is 0. The fraction of sp³-hybridized carbons (Fsp3) is 0.857. The summed E-state index contributed by atoms with van der Waals surface area (Å²) in [5.74, 6) is 1.15. The summed E-state index contributed by atoms with van der Waals surface area (Å²) >= 11 is 0. The van der Waals surface area contributed by atoms with Gasteiger partial charge in [0.25, 0.3) is 6.47 Å². The molecule has 0 aliphatic heterocycles. The highest BCUT2D eigenvalue weighted by atomic mass is 16.5. The average Bonchev–Trinajstić information content (AvgIpc) is 1.84. The maximum atomic E-state index is 9.88. The maximum Gasteiger partial charge on any atom is 0.293 e. The largest absolute Gasteiger partial charge is 0.464 e. The lowest BCUT2D eigenvalue weighted by Gasteiger charge is -2.38. The van der Waals surface area contributed by atoms with Gasteiger partial charge < -0.3 is 4.74 Å². The van der Waals surface area contributed by atoms with Crippen LogP contribution in [0.3, 0.4) is 0 Å². The van der Waals surface area contributed by atoms with Gasteiger partial charge in [0, 0.05) is 0 Å². The third kappa shape index (κ3) is 1.07. The molecule has 0 aromatic carbocycles. The maximum absolute atomic E-state index is 9.88. The molecule has 0 aromatic heterocycles. The van der Waals surface area contributed by atoms with Crippen molar-refractivity contribution in [2.75, 3.05) is 0 Å². The molecule has 1 aliphatic carbocycles. The first kappa shape index (κ1) is 6.59. The summed E-state index contributed by atoms with van der Waals surface area (Å²) < 4.78 is 4.82. The number of carbonyl (C=O) groups excluding carboxylic acids is 1. The molecule has 52 valence electrons. The van der Waals surface area contributed by atoms with Crippen LogP contribution in [0.4, 0.5) is 0 Å². The van der Waals surface area contributed by atoms with Crippen LogP contribution in [0, 0.1) is 11.8 Å². The van der Waals surface area contributed by atoms with Crippen LogP contribution in [0.15, 0.2) is 0 Å². The van der Waals surface area contributed by atoms with Gasteiger partial charge in [-0.15, -0.1) is 0 Å². The molecule has 1 saturated carbocycles. The van der Waals surface area contributed by atoms with Crippen LogP contribution in [-0.4, -0.2) is 12.6 Å². The molecule has 1 fully saturated rings. The van der Waals surface area contributed by atoms with E-state index in [4.69, 9.17) is 4.74 Å². The Morgan fingerprint density at radius 2 is 2.00 bits per heavy atom. The summed E-state index contributed by atoms with van der Waals surface area (Å²) in [6.07, 6.45) is 1.39. The first-order chi connectivity index (χ1) is 4.25. The highest BCUT2D eigenvalue weighted by Gasteiger charge is 2.36. The molecule has 0 amide bonds. The minimum Gasteiger partial charge on any atom is -0.464 e. The Morgan fingerprint density at radius 1 is 1.44 bits per heavy atom. The second-order valence-corrected chi connectivity index (χ2v) is 2.89. The van der Waals surface area contributed by atoms with Crippen molar-refractivity contribution in [1.29, 1.82) is 0 Å². The fourth-order valence-corrected chi connectivity index (χ4v) is 1.55. The van der Waals surface area contributed by atoms with Crippen molar-refractivity contribution in [3.05, 3.63) is 0 Å². The summed E-state index contributed by atoms with van der Waals surface area (Å²) in [6.45, 7) is 4.76. The average molecular weight is 128 g/mol. The summed E-state index contributed by atoms with van der Waals surface area (Å²) in [7, 11) is 0. The van der Waals surface area contributed by atoms with Crippen LogP contribution < -0.4 is 0 Å². The SMILES string of the molecule is CC1CC(C)C1OC=O. The van der Waals surface area contributed by atoms with Gasteiger partial charge in [0.2, 0.25) is 0 Å². The Balaban J connectivity index is 2.30. The highest BCUT2D eigenvalue weighted by molar-refractivity contribution is 5.37. The number of carbonyl (C=O) groups is 1. The van der Waals surface area contributed by atoms with E-state index in [0.717, 1.165) is 0 Å². The molecule has 0 radical (unpaired) electrons. The summed E-state index contributed by atoms with van der Waals surface area (Å²) in [5.41, 5.74) is 0. The van der Waals surface area contributed by atoms with Crippen molar-refractivity contribution in [1.82, 2.24) is 0 Å². The molecule has 2 nitrogen and oxygen atoms in total. The summed E-state index contributed by atoms with van der Waals surface area (Å²) in [4.78, 5) is 9.88. The molecule has 0 N–H and O–H groups in total. The Hall–Kier alpha value is -0.530. The van der Waals surface area contributed by atoms with E-state index in [2.05, 4.69) is 13.8 Å². The summed E-state index contributed by atoms with van der Waals surface area (Å²) in [6, 6.07) is 0. The molecular formula is C7H12O2. The lowest BCUT2D eigenvalue weighted by Crippen LogP contribution is -2.40. The zero-order valence-electron chi connectivity index (χ0n) is 5.83. The van der Waals surface area contributed by atoms with Crippen molar-refractivity contribution in [2.45, 2.75) is 26.4 Å². The number of ether oxygens (including phenoxy) is 1. The summed E-state index contributed by atoms with van der Waals surface area (Å²) in [5, 5.41) is 0. The molecule has 0 saturated heterocycles. The molecule has 0 aromatic rings. The standard InChI is InChI=1S/C7H12O2/c1-5-3-6(2)7(5)9-4-8/h4-7H,3H2,1-2H3. The Bertz CT molecular complexity index is 103. The van der Waals surface area contributed by atoms with Gasteiger partial charge in [-0.2, -0.15) is 0 Å². The van der Waals surface area contributed by atoms with Gasteiger partial charge in [0.15, 0.2) is 0 Å². The zero-order chi connectivity index (χ0) is 6.85. The van der Waals surface area contributed by atoms with Crippen LogP contribution in [0.1, 0.15) is 20.3 Å². The van der Waals surface area contributed by atoms with Crippen LogP contribution in [0.5, 0.6) is 0 Å². The van der Waals surface area contributed by atoms with Crippen molar-refractivity contribution >= 4 is 6.47 Å². The van der Waals surface area contributed by atoms with Gasteiger partial charge >= 0.3 is 0 Å². The van der Waals surface area contributed by atoms with Gasteiger partial charge in [-0.3, -0.25) is 4.79 Å². The lowest BCUT2D eigenvalue weighted by atomic mass is 9.74. The van der Waals surface area contributed by atoms with Crippen molar-refractivity contribution in [3.63, 3.8) is 0 Å². The lowest BCUT2D eigenvalue weighted by molar-refractivity contribution is -0.147. The third-order valence-electron chi connectivity index (χ3n) is 2.08. The predicted octanol–water partition coefficient (Wildman–Crippen LogP) is 1.20. The van der Waals surface area contributed by atoms with Crippen molar-refractivity contribution in [2.24, 2.45) is 11.8 Å². The molecule has 2 heteroatoms. The fourth-order valence-electron chi connectivity index (χ4n) is 1.55. The van der Waals surface area contributed by atoms with E-state index in [1.165, 1.54) is 6.42 Å². The van der Waals surface area contributed by atoms with E-state index < -0.39 is 0 Å². The first-order valence-electron chi connectivity index (χ1n) is 3.34. The highest BCUT2D eigenvalue weighted by Crippen LogP contribution is 2.35. The van der Waals surface area contributed by atoms with E-state index in [0.29, 0.717) is 18.3 Å². The van der Waals surface area contributed by atoms with E-state index in [-0.39, 0.29) is 6.10 Å².